The number of anilines is 1. The molecule has 0 atom stereocenters. The lowest BCUT2D eigenvalue weighted by molar-refractivity contribution is 0.171. The highest BCUT2D eigenvalue weighted by atomic mass is 16.6. The number of ether oxygens (including phenoxy) is 2. The van der Waals surface area contributed by atoms with Crippen LogP contribution in [-0.4, -0.2) is 38.4 Å². The van der Waals surface area contributed by atoms with Crippen LogP contribution in [0.25, 0.3) is 0 Å². The van der Waals surface area contributed by atoms with E-state index in [-0.39, 0.29) is 5.54 Å². The van der Waals surface area contributed by atoms with E-state index in [1.807, 2.05) is 6.07 Å². The molecule has 1 fully saturated rings. The Morgan fingerprint density at radius 1 is 1.17 bits per heavy atom. The van der Waals surface area contributed by atoms with Gasteiger partial charge in [-0.2, -0.15) is 0 Å². The van der Waals surface area contributed by atoms with Crippen molar-refractivity contribution in [2.24, 2.45) is 0 Å². The van der Waals surface area contributed by atoms with Gasteiger partial charge in [0.25, 0.3) is 0 Å². The number of hydrogen-bond acceptors (Lipinski definition) is 4. The molecule has 1 saturated heterocycles. The van der Waals surface area contributed by atoms with Crippen molar-refractivity contribution in [1.82, 2.24) is 5.32 Å². The molecule has 1 aromatic carbocycles. The van der Waals surface area contributed by atoms with E-state index in [0.717, 1.165) is 31.1 Å². The van der Waals surface area contributed by atoms with Gasteiger partial charge in [0, 0.05) is 36.9 Å². The van der Waals surface area contributed by atoms with Crippen LogP contribution in [0, 0.1) is 0 Å². The van der Waals surface area contributed by atoms with Crippen LogP contribution in [0.2, 0.25) is 0 Å². The summed E-state index contributed by atoms with van der Waals surface area (Å²) in [7, 11) is 0. The largest absolute Gasteiger partial charge is 0.486 e. The van der Waals surface area contributed by atoms with Crippen LogP contribution >= 0.6 is 0 Å². The molecular formula is C14H20N2O2. The number of nitrogens with one attached hydrogen (secondary N) is 1. The van der Waals surface area contributed by atoms with Crippen molar-refractivity contribution in [3.05, 3.63) is 18.2 Å². The molecule has 1 aromatic rings. The predicted molar refractivity (Wildman–Crippen MR) is 71.7 cm³/mol. The molecule has 0 radical (unpaired) electrons. The van der Waals surface area contributed by atoms with Crippen LogP contribution < -0.4 is 19.7 Å². The van der Waals surface area contributed by atoms with Gasteiger partial charge < -0.3 is 19.7 Å². The summed E-state index contributed by atoms with van der Waals surface area (Å²) in [6.07, 6.45) is 0. The van der Waals surface area contributed by atoms with E-state index in [4.69, 9.17) is 9.47 Å². The molecule has 4 heteroatoms. The summed E-state index contributed by atoms with van der Waals surface area (Å²) >= 11 is 0. The quantitative estimate of drug-likeness (QED) is 0.819. The summed E-state index contributed by atoms with van der Waals surface area (Å²) in [4.78, 5) is 2.40. The van der Waals surface area contributed by atoms with Gasteiger partial charge in [-0.05, 0) is 26.0 Å². The second-order valence-electron chi connectivity index (χ2n) is 5.56. The summed E-state index contributed by atoms with van der Waals surface area (Å²) in [5.41, 5.74) is 1.37. The first-order valence-electron chi connectivity index (χ1n) is 6.54. The zero-order chi connectivity index (χ0) is 12.6. The van der Waals surface area contributed by atoms with Gasteiger partial charge >= 0.3 is 0 Å². The Kier molecular flexibility index (Phi) is 2.82. The molecular weight excluding hydrogens is 228 g/mol. The second kappa shape index (κ2) is 4.35. The molecule has 2 aliphatic rings. The number of hydrogen-bond donors (Lipinski definition) is 1. The Morgan fingerprint density at radius 3 is 2.72 bits per heavy atom. The van der Waals surface area contributed by atoms with E-state index in [2.05, 4.69) is 36.2 Å². The predicted octanol–water partition coefficient (Wildman–Crippen LogP) is 1.65. The molecule has 0 bridgehead atoms. The van der Waals surface area contributed by atoms with Crippen LogP contribution in [0.15, 0.2) is 18.2 Å². The highest BCUT2D eigenvalue weighted by molar-refractivity contribution is 5.57. The standard InChI is InChI=1S/C14H20N2O2/c1-14(2)10-16(6-5-15-14)11-3-4-12-13(9-11)18-8-7-17-12/h3-4,9,15H,5-8,10H2,1-2H3. The van der Waals surface area contributed by atoms with Gasteiger partial charge in [-0.15, -0.1) is 0 Å². The van der Waals surface area contributed by atoms with Crippen molar-refractivity contribution in [3.63, 3.8) is 0 Å². The molecule has 1 N–H and O–H groups in total. The van der Waals surface area contributed by atoms with E-state index in [1.165, 1.54) is 5.69 Å². The summed E-state index contributed by atoms with van der Waals surface area (Å²) < 4.78 is 11.2. The number of benzene rings is 1. The lowest BCUT2D eigenvalue weighted by atomic mass is 10.0. The maximum Gasteiger partial charge on any atom is 0.163 e. The molecule has 0 aromatic heterocycles. The van der Waals surface area contributed by atoms with Gasteiger partial charge in [0.15, 0.2) is 11.5 Å². The summed E-state index contributed by atoms with van der Waals surface area (Å²) in [5.74, 6) is 1.73. The monoisotopic (exact) mass is 248 g/mol. The summed E-state index contributed by atoms with van der Waals surface area (Å²) in [6.45, 7) is 8.81. The fourth-order valence-corrected chi connectivity index (χ4v) is 2.59. The van der Waals surface area contributed by atoms with Gasteiger partial charge in [0.05, 0.1) is 0 Å². The van der Waals surface area contributed by atoms with Crippen LogP contribution in [0.4, 0.5) is 5.69 Å². The van der Waals surface area contributed by atoms with E-state index >= 15 is 0 Å². The minimum absolute atomic E-state index is 0.158. The highest BCUT2D eigenvalue weighted by Gasteiger charge is 2.26. The van der Waals surface area contributed by atoms with Crippen molar-refractivity contribution >= 4 is 5.69 Å². The minimum Gasteiger partial charge on any atom is -0.486 e. The van der Waals surface area contributed by atoms with Crippen LogP contribution in [0.3, 0.4) is 0 Å². The van der Waals surface area contributed by atoms with E-state index in [9.17, 15) is 0 Å². The van der Waals surface area contributed by atoms with E-state index < -0.39 is 0 Å². The van der Waals surface area contributed by atoms with Gasteiger partial charge in [-0.25, -0.2) is 0 Å². The molecule has 0 saturated carbocycles. The van der Waals surface area contributed by atoms with Crippen LogP contribution in [-0.2, 0) is 0 Å². The lowest BCUT2D eigenvalue weighted by Gasteiger charge is -2.40. The Bertz CT molecular complexity index is 445. The van der Waals surface area contributed by atoms with Gasteiger partial charge in [0.1, 0.15) is 13.2 Å². The third-order valence-corrected chi connectivity index (χ3v) is 3.46. The van der Waals surface area contributed by atoms with E-state index in [1.54, 1.807) is 0 Å². The minimum atomic E-state index is 0.158. The maximum absolute atomic E-state index is 5.64. The topological polar surface area (TPSA) is 33.7 Å². The van der Waals surface area contributed by atoms with Crippen molar-refractivity contribution < 1.29 is 9.47 Å². The van der Waals surface area contributed by atoms with Crippen molar-refractivity contribution in [3.8, 4) is 11.5 Å². The molecule has 0 amide bonds. The van der Waals surface area contributed by atoms with Crippen LogP contribution in [0.1, 0.15) is 13.8 Å². The van der Waals surface area contributed by atoms with Gasteiger partial charge in [-0.1, -0.05) is 0 Å². The lowest BCUT2D eigenvalue weighted by Crippen LogP contribution is -2.57. The highest BCUT2D eigenvalue weighted by Crippen LogP contribution is 2.34. The Hall–Kier alpha value is -1.42. The molecule has 3 rings (SSSR count). The van der Waals surface area contributed by atoms with Gasteiger partial charge in [-0.3, -0.25) is 0 Å². The zero-order valence-electron chi connectivity index (χ0n) is 11.0. The Labute approximate surface area is 108 Å². The molecule has 0 aliphatic carbocycles. The number of rotatable bonds is 1. The van der Waals surface area contributed by atoms with Crippen molar-refractivity contribution in [1.29, 1.82) is 0 Å². The molecule has 4 nitrogen and oxygen atoms in total. The second-order valence-corrected chi connectivity index (χ2v) is 5.56. The third-order valence-electron chi connectivity index (χ3n) is 3.46. The van der Waals surface area contributed by atoms with Gasteiger partial charge in [0.2, 0.25) is 0 Å². The van der Waals surface area contributed by atoms with Crippen LogP contribution in [0.5, 0.6) is 11.5 Å². The molecule has 98 valence electrons. The van der Waals surface area contributed by atoms with Crippen molar-refractivity contribution in [2.45, 2.75) is 19.4 Å². The SMILES string of the molecule is CC1(C)CN(c2ccc3c(c2)OCCO3)CCN1. The zero-order valence-corrected chi connectivity index (χ0v) is 11.0. The summed E-state index contributed by atoms with van der Waals surface area (Å²) in [6, 6.07) is 6.23. The first-order chi connectivity index (χ1) is 8.64. The first-order valence-corrected chi connectivity index (χ1v) is 6.54. The third kappa shape index (κ3) is 2.25. The van der Waals surface area contributed by atoms with E-state index in [0.29, 0.717) is 13.2 Å². The van der Waals surface area contributed by atoms with Crippen molar-refractivity contribution in [2.75, 3.05) is 37.7 Å². The average Bonchev–Trinajstić information content (AvgIpc) is 2.37. The molecule has 0 spiro atoms. The smallest absolute Gasteiger partial charge is 0.163 e. The normalized spacial score (nSPS) is 21.8. The molecule has 2 aliphatic heterocycles. The molecule has 0 unspecified atom stereocenters. The Morgan fingerprint density at radius 2 is 1.94 bits per heavy atom. The first kappa shape index (κ1) is 11.7. The number of nitrogens with zero attached hydrogens (tertiary/aromatic N) is 1. The number of fused-ring (bicyclic) bond motifs is 1. The molecule has 18 heavy (non-hydrogen) atoms. The fourth-order valence-electron chi connectivity index (χ4n) is 2.59. The number of piperazine rings is 1. The average molecular weight is 248 g/mol. The maximum atomic E-state index is 5.64. The fraction of sp³-hybridized carbons (Fsp3) is 0.571. The molecule has 2 heterocycles. The summed E-state index contributed by atoms with van der Waals surface area (Å²) in [5, 5.41) is 3.52. The Balaban J connectivity index is 1.83.